The lowest BCUT2D eigenvalue weighted by Crippen LogP contribution is -2.12. The van der Waals surface area contributed by atoms with Crippen LogP contribution in [0.5, 0.6) is 5.88 Å². The number of halogens is 1. The molecule has 2 aromatic rings. The molecule has 0 saturated heterocycles. The van der Waals surface area contributed by atoms with Crippen molar-refractivity contribution in [3.8, 4) is 11.9 Å². The van der Waals surface area contributed by atoms with Gasteiger partial charge in [0.25, 0.3) is 5.88 Å². The second kappa shape index (κ2) is 5.84. The second-order valence-electron chi connectivity index (χ2n) is 4.37. The first-order valence-corrected chi connectivity index (χ1v) is 8.12. The molecular weight excluding hydrogens is 356 g/mol. The van der Waals surface area contributed by atoms with Crippen LogP contribution >= 0.6 is 15.9 Å². The average Bonchev–Trinajstić information content (AvgIpc) is 2.42. The number of nitriles is 1. The molecule has 0 aliphatic rings. The topological polar surface area (TPSA) is 80.1 Å². The molecule has 21 heavy (non-hydrogen) atoms. The van der Waals surface area contributed by atoms with Gasteiger partial charge in [-0.25, -0.2) is 4.98 Å². The summed E-state index contributed by atoms with van der Waals surface area (Å²) in [6.07, 6.45) is 0. The van der Waals surface area contributed by atoms with E-state index in [1.807, 2.05) is 13.0 Å². The largest absolute Gasteiger partial charge is 0.357 e. The van der Waals surface area contributed by atoms with Gasteiger partial charge in [-0.3, -0.25) is 0 Å². The first-order chi connectivity index (χ1) is 9.83. The molecule has 1 aromatic carbocycles. The maximum Gasteiger partial charge on any atom is 0.340 e. The third-order valence-electron chi connectivity index (χ3n) is 2.74. The van der Waals surface area contributed by atoms with Crippen LogP contribution < -0.4 is 4.18 Å². The van der Waals surface area contributed by atoms with Crippen molar-refractivity contribution in [1.82, 2.24) is 4.98 Å². The van der Waals surface area contributed by atoms with Crippen molar-refractivity contribution in [2.75, 3.05) is 0 Å². The van der Waals surface area contributed by atoms with Crippen molar-refractivity contribution in [3.05, 3.63) is 51.6 Å². The van der Waals surface area contributed by atoms with Crippen molar-refractivity contribution in [2.24, 2.45) is 0 Å². The zero-order valence-corrected chi connectivity index (χ0v) is 13.7. The van der Waals surface area contributed by atoms with Gasteiger partial charge in [0.05, 0.1) is 5.69 Å². The summed E-state index contributed by atoms with van der Waals surface area (Å²) in [5.74, 6) is -0.223. The Balaban J connectivity index is 2.44. The number of hydrogen-bond donors (Lipinski definition) is 0. The number of pyridine rings is 1. The molecule has 5 nitrogen and oxygen atoms in total. The van der Waals surface area contributed by atoms with Crippen LogP contribution in [0.25, 0.3) is 0 Å². The van der Waals surface area contributed by atoms with Gasteiger partial charge < -0.3 is 4.18 Å². The number of aromatic nitrogens is 1. The van der Waals surface area contributed by atoms with Crippen LogP contribution in [0.4, 0.5) is 0 Å². The van der Waals surface area contributed by atoms with Gasteiger partial charge >= 0.3 is 10.1 Å². The van der Waals surface area contributed by atoms with Crippen molar-refractivity contribution < 1.29 is 12.6 Å². The van der Waals surface area contributed by atoms with E-state index in [1.54, 1.807) is 19.1 Å². The quantitative estimate of drug-likeness (QED) is 0.779. The molecule has 2 rings (SSSR count). The standard InChI is InChI=1S/C14H11BrN2O3S/c1-9-3-5-12(6-4-9)21(18,19)20-14-11(8-16)7-13(15)10(2)17-14/h3-7H,1-2H3. The van der Waals surface area contributed by atoms with Gasteiger partial charge in [-0.15, -0.1) is 0 Å². The number of benzene rings is 1. The molecule has 0 amide bonds. The lowest BCUT2D eigenvalue weighted by atomic mass is 10.2. The van der Waals surface area contributed by atoms with Crippen LogP contribution in [-0.2, 0) is 10.1 Å². The normalized spacial score (nSPS) is 11.0. The zero-order chi connectivity index (χ0) is 15.6. The Morgan fingerprint density at radius 1 is 1.24 bits per heavy atom. The Labute approximate surface area is 131 Å². The molecule has 0 aliphatic heterocycles. The molecular formula is C14H11BrN2O3S. The number of nitrogens with zero attached hydrogens (tertiary/aromatic N) is 2. The molecule has 0 atom stereocenters. The molecule has 108 valence electrons. The fraction of sp³-hybridized carbons (Fsp3) is 0.143. The number of hydrogen-bond acceptors (Lipinski definition) is 5. The van der Waals surface area contributed by atoms with Crippen LogP contribution in [0.1, 0.15) is 16.8 Å². The van der Waals surface area contributed by atoms with Crippen LogP contribution in [0.2, 0.25) is 0 Å². The summed E-state index contributed by atoms with van der Waals surface area (Å²) < 4.78 is 30.0. The Kier molecular flexibility index (Phi) is 4.30. The molecule has 1 heterocycles. The molecule has 0 unspecified atom stereocenters. The summed E-state index contributed by atoms with van der Waals surface area (Å²) in [5, 5.41) is 9.05. The van der Waals surface area contributed by atoms with Crippen LogP contribution in [0.3, 0.4) is 0 Å². The maximum atomic E-state index is 12.2. The van der Waals surface area contributed by atoms with E-state index in [1.165, 1.54) is 18.2 Å². The fourth-order valence-corrected chi connectivity index (χ4v) is 2.78. The van der Waals surface area contributed by atoms with Crippen molar-refractivity contribution in [3.63, 3.8) is 0 Å². The van der Waals surface area contributed by atoms with E-state index in [0.717, 1.165) is 5.56 Å². The van der Waals surface area contributed by atoms with E-state index >= 15 is 0 Å². The van der Waals surface area contributed by atoms with E-state index in [2.05, 4.69) is 20.9 Å². The van der Waals surface area contributed by atoms with E-state index in [9.17, 15) is 8.42 Å². The highest BCUT2D eigenvalue weighted by molar-refractivity contribution is 9.10. The zero-order valence-electron chi connectivity index (χ0n) is 11.3. The van der Waals surface area contributed by atoms with E-state index < -0.39 is 10.1 Å². The van der Waals surface area contributed by atoms with Gasteiger partial charge in [-0.2, -0.15) is 13.7 Å². The van der Waals surface area contributed by atoms with Crippen LogP contribution in [0.15, 0.2) is 39.7 Å². The third kappa shape index (κ3) is 3.40. The molecule has 1 aromatic heterocycles. The van der Waals surface area contributed by atoms with E-state index in [-0.39, 0.29) is 16.3 Å². The molecule has 7 heteroatoms. The third-order valence-corrected chi connectivity index (χ3v) is 4.76. The second-order valence-corrected chi connectivity index (χ2v) is 6.77. The maximum absolute atomic E-state index is 12.2. The van der Waals surface area contributed by atoms with Gasteiger partial charge in [0.15, 0.2) is 0 Å². The number of rotatable bonds is 3. The highest BCUT2D eigenvalue weighted by atomic mass is 79.9. The van der Waals surface area contributed by atoms with Crippen molar-refractivity contribution >= 4 is 26.0 Å². The highest BCUT2D eigenvalue weighted by Crippen LogP contribution is 2.25. The van der Waals surface area contributed by atoms with Gasteiger partial charge in [-0.05, 0) is 48.0 Å². The molecule has 0 saturated carbocycles. The summed E-state index contributed by atoms with van der Waals surface area (Å²) in [7, 11) is -4.02. The minimum atomic E-state index is -4.02. The molecule has 0 fully saturated rings. The van der Waals surface area contributed by atoms with Gasteiger partial charge in [0.2, 0.25) is 0 Å². The molecule has 0 aliphatic carbocycles. The minimum Gasteiger partial charge on any atom is -0.357 e. The minimum absolute atomic E-state index is 0.0133. The van der Waals surface area contributed by atoms with Gasteiger partial charge in [0, 0.05) is 4.47 Å². The highest BCUT2D eigenvalue weighted by Gasteiger charge is 2.20. The first-order valence-electron chi connectivity index (χ1n) is 5.92. The lowest BCUT2D eigenvalue weighted by molar-refractivity contribution is 0.474. The predicted octanol–water partition coefficient (Wildman–Crippen LogP) is 3.10. The molecule has 0 bridgehead atoms. The van der Waals surface area contributed by atoms with Crippen LogP contribution in [-0.4, -0.2) is 13.4 Å². The summed E-state index contributed by atoms with van der Waals surface area (Å²) in [4.78, 5) is 4.01. The van der Waals surface area contributed by atoms with E-state index in [4.69, 9.17) is 9.44 Å². The summed E-state index contributed by atoms with van der Waals surface area (Å²) >= 11 is 3.23. The molecule has 0 N–H and O–H groups in total. The predicted molar refractivity (Wildman–Crippen MR) is 80.4 cm³/mol. The molecule has 0 spiro atoms. The fourth-order valence-electron chi connectivity index (χ4n) is 1.56. The van der Waals surface area contributed by atoms with E-state index in [0.29, 0.717) is 10.2 Å². The smallest absolute Gasteiger partial charge is 0.340 e. The van der Waals surface area contributed by atoms with Crippen molar-refractivity contribution in [2.45, 2.75) is 18.7 Å². The van der Waals surface area contributed by atoms with Crippen LogP contribution in [0, 0.1) is 25.2 Å². The molecule has 0 radical (unpaired) electrons. The van der Waals surface area contributed by atoms with Crippen molar-refractivity contribution in [1.29, 1.82) is 5.26 Å². The Morgan fingerprint density at radius 2 is 1.86 bits per heavy atom. The Bertz CT molecular complexity index is 825. The summed E-state index contributed by atoms with van der Waals surface area (Å²) in [6.45, 7) is 3.53. The average molecular weight is 367 g/mol. The monoisotopic (exact) mass is 366 g/mol. The Hall–Kier alpha value is -1.91. The summed E-state index contributed by atoms with van der Waals surface area (Å²) in [6, 6.07) is 9.57. The number of aryl methyl sites for hydroxylation is 2. The van der Waals surface area contributed by atoms with Gasteiger partial charge in [0.1, 0.15) is 16.5 Å². The summed E-state index contributed by atoms with van der Waals surface area (Å²) in [5.41, 5.74) is 1.51. The SMILES string of the molecule is Cc1ccc(S(=O)(=O)Oc2nc(C)c(Br)cc2C#N)cc1. The first kappa shape index (κ1) is 15.5. The Morgan fingerprint density at radius 3 is 2.43 bits per heavy atom. The van der Waals surface area contributed by atoms with Gasteiger partial charge in [-0.1, -0.05) is 17.7 Å². The lowest BCUT2D eigenvalue weighted by Gasteiger charge is -2.09.